The molecule has 1 saturated heterocycles. The molecule has 1 aromatic heterocycles. The van der Waals surface area contributed by atoms with Crippen molar-refractivity contribution in [2.24, 2.45) is 0 Å². The highest BCUT2D eigenvalue weighted by molar-refractivity contribution is 6.10. The normalized spacial score (nSPS) is 14.2. The van der Waals surface area contributed by atoms with Crippen LogP contribution >= 0.6 is 0 Å². The molecule has 4 N–H and O–H groups in total. The van der Waals surface area contributed by atoms with Gasteiger partial charge in [-0.25, -0.2) is 9.37 Å². The van der Waals surface area contributed by atoms with Gasteiger partial charge in [-0.3, -0.25) is 14.4 Å². The van der Waals surface area contributed by atoms with Gasteiger partial charge in [0.2, 0.25) is 0 Å². The first kappa shape index (κ1) is 26.0. The molecule has 37 heavy (non-hydrogen) atoms. The van der Waals surface area contributed by atoms with E-state index in [1.165, 1.54) is 30.6 Å². The van der Waals surface area contributed by atoms with Crippen LogP contribution in [0.15, 0.2) is 54.9 Å². The highest BCUT2D eigenvalue weighted by atomic mass is 19.1. The zero-order valence-electron chi connectivity index (χ0n) is 20.6. The summed E-state index contributed by atoms with van der Waals surface area (Å²) in [7, 11) is 2.11. The van der Waals surface area contributed by atoms with Crippen LogP contribution in [0.1, 0.15) is 37.8 Å². The number of hydrogen-bond acceptors (Lipinski definition) is 6. The van der Waals surface area contributed by atoms with Gasteiger partial charge in [-0.05, 0) is 68.5 Å². The minimum atomic E-state index is -0.535. The average Bonchev–Trinajstić information content (AvgIpc) is 3.39. The molecule has 1 fully saturated rings. The number of benzene rings is 2. The molecule has 2 aromatic carbocycles. The second-order valence-electron chi connectivity index (χ2n) is 8.87. The molecule has 2 heterocycles. The summed E-state index contributed by atoms with van der Waals surface area (Å²) in [4.78, 5) is 49.1. The number of halogens is 1. The van der Waals surface area contributed by atoms with E-state index in [9.17, 15) is 18.8 Å². The molecule has 194 valence electrons. The Bertz CT molecular complexity index is 1220. The third-order valence-electron chi connectivity index (χ3n) is 6.12. The first-order valence-corrected chi connectivity index (χ1v) is 12.1. The van der Waals surface area contributed by atoms with Gasteiger partial charge in [0.25, 0.3) is 17.7 Å². The van der Waals surface area contributed by atoms with Crippen molar-refractivity contribution >= 4 is 29.1 Å². The van der Waals surface area contributed by atoms with Crippen LogP contribution in [0.2, 0.25) is 0 Å². The second-order valence-corrected chi connectivity index (χ2v) is 8.87. The lowest BCUT2D eigenvalue weighted by molar-refractivity contribution is 0.0931. The molecule has 1 aliphatic rings. The summed E-state index contributed by atoms with van der Waals surface area (Å²) in [5, 5.41) is 8.26. The van der Waals surface area contributed by atoms with Crippen LogP contribution in [0, 0.1) is 5.82 Å². The van der Waals surface area contributed by atoms with Gasteiger partial charge in [-0.2, -0.15) is 0 Å². The van der Waals surface area contributed by atoms with E-state index in [4.69, 9.17) is 0 Å². The van der Waals surface area contributed by atoms with Crippen molar-refractivity contribution in [2.75, 3.05) is 56.9 Å². The van der Waals surface area contributed by atoms with Crippen molar-refractivity contribution in [2.45, 2.75) is 6.42 Å². The summed E-state index contributed by atoms with van der Waals surface area (Å²) >= 11 is 0. The zero-order chi connectivity index (χ0) is 26.2. The van der Waals surface area contributed by atoms with Gasteiger partial charge in [0.1, 0.15) is 11.5 Å². The number of aromatic amines is 1. The number of H-pyrrole nitrogens is 1. The summed E-state index contributed by atoms with van der Waals surface area (Å²) in [5.41, 5.74) is 1.38. The maximum absolute atomic E-state index is 13.0. The highest BCUT2D eigenvalue weighted by Crippen LogP contribution is 2.16. The van der Waals surface area contributed by atoms with Crippen LogP contribution in [0.3, 0.4) is 0 Å². The van der Waals surface area contributed by atoms with Gasteiger partial charge in [-0.1, -0.05) is 0 Å². The smallest absolute Gasteiger partial charge is 0.276 e. The number of anilines is 2. The Labute approximate surface area is 214 Å². The van der Waals surface area contributed by atoms with Crippen molar-refractivity contribution in [1.82, 2.24) is 25.1 Å². The monoisotopic (exact) mass is 507 g/mol. The molecule has 3 amide bonds. The lowest BCUT2D eigenvalue weighted by atomic mass is 10.2. The van der Waals surface area contributed by atoms with E-state index < -0.39 is 11.7 Å². The van der Waals surface area contributed by atoms with E-state index in [-0.39, 0.29) is 23.2 Å². The summed E-state index contributed by atoms with van der Waals surface area (Å²) < 4.78 is 13.0. The quantitative estimate of drug-likeness (QED) is 0.330. The Morgan fingerprint density at radius 3 is 2.16 bits per heavy atom. The van der Waals surface area contributed by atoms with Gasteiger partial charge in [0.05, 0.1) is 6.33 Å². The third kappa shape index (κ3) is 7.21. The lowest BCUT2D eigenvalue weighted by Gasteiger charge is -2.32. The van der Waals surface area contributed by atoms with Gasteiger partial charge in [-0.15, -0.1) is 0 Å². The Balaban J connectivity index is 1.26. The number of rotatable bonds is 9. The zero-order valence-corrected chi connectivity index (χ0v) is 20.6. The number of hydrogen-bond donors (Lipinski definition) is 4. The van der Waals surface area contributed by atoms with E-state index in [0.29, 0.717) is 23.5 Å². The van der Waals surface area contributed by atoms with Gasteiger partial charge in [0, 0.05) is 49.7 Å². The van der Waals surface area contributed by atoms with Crippen LogP contribution in [0.5, 0.6) is 0 Å². The van der Waals surface area contributed by atoms with Crippen molar-refractivity contribution in [1.29, 1.82) is 0 Å². The molecule has 0 atom stereocenters. The van der Waals surface area contributed by atoms with Gasteiger partial charge >= 0.3 is 0 Å². The Hall–Kier alpha value is -4.09. The van der Waals surface area contributed by atoms with Crippen LogP contribution in [0.25, 0.3) is 0 Å². The van der Waals surface area contributed by atoms with Crippen molar-refractivity contribution < 1.29 is 18.8 Å². The number of piperazine rings is 1. The van der Waals surface area contributed by atoms with E-state index >= 15 is 0 Å². The number of amides is 3. The van der Waals surface area contributed by atoms with Crippen LogP contribution in [-0.4, -0.2) is 83.8 Å². The predicted octanol–water partition coefficient (Wildman–Crippen LogP) is 2.42. The molecule has 0 bridgehead atoms. The van der Waals surface area contributed by atoms with E-state index in [1.807, 2.05) is 0 Å². The Morgan fingerprint density at radius 1 is 0.892 bits per heavy atom. The number of imidazole rings is 1. The standard InChI is InChI=1S/C26H30FN7O3/c1-33-13-15-34(16-14-33)12-2-11-28-25(36)22-23(30-17-29-22)26(37)32-21-9-7-20(8-10-21)31-24(35)18-3-5-19(27)6-4-18/h3-10,17H,2,11-16H2,1H3,(H,28,36)(H,29,30)(H,31,35)(H,32,37). The first-order chi connectivity index (χ1) is 17.9. The van der Waals surface area contributed by atoms with E-state index in [2.05, 4.69) is 42.8 Å². The summed E-state index contributed by atoms with van der Waals surface area (Å²) in [5.74, 6) is -1.73. The number of carbonyl (C=O) groups is 3. The van der Waals surface area contributed by atoms with E-state index in [0.717, 1.165) is 39.1 Å². The highest BCUT2D eigenvalue weighted by Gasteiger charge is 2.20. The molecule has 0 radical (unpaired) electrons. The minimum Gasteiger partial charge on any atom is -0.351 e. The summed E-state index contributed by atoms with van der Waals surface area (Å²) in [6.07, 6.45) is 2.12. The van der Waals surface area contributed by atoms with Gasteiger partial charge in [0.15, 0.2) is 5.69 Å². The summed E-state index contributed by atoms with van der Waals surface area (Å²) in [6, 6.07) is 11.7. The number of nitrogens with zero attached hydrogens (tertiary/aromatic N) is 3. The van der Waals surface area contributed by atoms with Crippen molar-refractivity contribution in [3.05, 3.63) is 77.6 Å². The average molecular weight is 508 g/mol. The SMILES string of the molecule is CN1CCN(CCCNC(=O)c2[nH]cnc2C(=O)Nc2ccc(NC(=O)c3ccc(F)cc3)cc2)CC1. The molecular weight excluding hydrogens is 477 g/mol. The van der Waals surface area contributed by atoms with Gasteiger partial charge < -0.3 is 30.7 Å². The second kappa shape index (κ2) is 12.2. The maximum atomic E-state index is 13.0. The molecule has 4 rings (SSSR count). The molecule has 0 aliphatic carbocycles. The molecule has 11 heteroatoms. The van der Waals surface area contributed by atoms with Crippen molar-refractivity contribution in [3.8, 4) is 0 Å². The number of likely N-dealkylation sites (N-methyl/N-ethyl adjacent to an activating group) is 1. The lowest BCUT2D eigenvalue weighted by Crippen LogP contribution is -2.45. The predicted molar refractivity (Wildman–Crippen MR) is 138 cm³/mol. The Morgan fingerprint density at radius 2 is 1.51 bits per heavy atom. The molecule has 10 nitrogen and oxygen atoms in total. The Kier molecular flexibility index (Phi) is 8.60. The molecule has 0 unspecified atom stereocenters. The maximum Gasteiger partial charge on any atom is 0.276 e. The molecule has 0 spiro atoms. The minimum absolute atomic E-state index is 0.00902. The van der Waals surface area contributed by atoms with Crippen LogP contribution in [0.4, 0.5) is 15.8 Å². The fourth-order valence-electron chi connectivity index (χ4n) is 3.94. The van der Waals surface area contributed by atoms with Crippen LogP contribution in [-0.2, 0) is 0 Å². The van der Waals surface area contributed by atoms with Crippen LogP contribution < -0.4 is 16.0 Å². The molecule has 1 aliphatic heterocycles. The number of aromatic nitrogens is 2. The fraction of sp³-hybridized carbons (Fsp3) is 0.308. The molecular formula is C26H30FN7O3. The molecule has 0 saturated carbocycles. The first-order valence-electron chi connectivity index (χ1n) is 12.1. The topological polar surface area (TPSA) is 122 Å². The summed E-state index contributed by atoms with van der Waals surface area (Å²) in [6.45, 7) is 5.55. The third-order valence-corrected chi connectivity index (χ3v) is 6.12. The molecule has 3 aromatic rings. The van der Waals surface area contributed by atoms with Crippen molar-refractivity contribution in [3.63, 3.8) is 0 Å². The number of nitrogens with one attached hydrogen (secondary N) is 4. The number of carbonyl (C=O) groups excluding carboxylic acids is 3. The fourth-order valence-corrected chi connectivity index (χ4v) is 3.94. The van der Waals surface area contributed by atoms with E-state index in [1.54, 1.807) is 24.3 Å². The largest absolute Gasteiger partial charge is 0.351 e.